The molecular formula is C93H76N2O2. The van der Waals surface area contributed by atoms with Crippen LogP contribution in [-0.4, -0.2) is 0 Å². The summed E-state index contributed by atoms with van der Waals surface area (Å²) in [6, 6.07) is 109. The van der Waals surface area contributed by atoms with Gasteiger partial charge in [0.25, 0.3) is 0 Å². The van der Waals surface area contributed by atoms with E-state index in [4.69, 9.17) is 8.83 Å². The van der Waals surface area contributed by atoms with Gasteiger partial charge in [-0.1, -0.05) is 298 Å². The molecule has 0 fully saturated rings. The number of benzene rings is 14. The van der Waals surface area contributed by atoms with Gasteiger partial charge in [-0.2, -0.15) is 0 Å². The Bertz CT molecular complexity index is 5360. The second kappa shape index (κ2) is 23.6. The molecule has 0 N–H and O–H groups in total. The number of hydrogen-bond donors (Lipinski definition) is 0. The van der Waals surface area contributed by atoms with Crippen LogP contribution in [0.15, 0.2) is 300 Å². The predicted octanol–water partition coefficient (Wildman–Crippen LogP) is 26.9. The van der Waals surface area contributed by atoms with Gasteiger partial charge in [-0.3, -0.25) is 0 Å². The first kappa shape index (κ1) is 59.5. The average Bonchev–Trinajstić information content (AvgIpc) is 1.52. The summed E-state index contributed by atoms with van der Waals surface area (Å²) in [6.07, 6.45) is 0. The number of para-hydroxylation sites is 4. The van der Waals surface area contributed by atoms with E-state index in [1.807, 2.05) is 0 Å². The van der Waals surface area contributed by atoms with E-state index in [1.54, 1.807) is 0 Å². The first-order valence-corrected chi connectivity index (χ1v) is 34.6. The average molecular weight is 1250 g/mol. The molecule has 470 valence electrons. The van der Waals surface area contributed by atoms with Crippen molar-refractivity contribution >= 4 is 99.5 Å². The first-order valence-electron chi connectivity index (χ1n) is 34.6. The van der Waals surface area contributed by atoms with Gasteiger partial charge in [0.1, 0.15) is 11.2 Å². The number of furan rings is 2. The molecule has 1 aliphatic rings. The van der Waals surface area contributed by atoms with Gasteiger partial charge in [0.2, 0.25) is 0 Å². The summed E-state index contributed by atoms with van der Waals surface area (Å²) in [6.45, 7) is 18.2. The predicted molar refractivity (Wildman–Crippen MR) is 410 cm³/mol. The van der Waals surface area contributed by atoms with Crippen LogP contribution in [0.25, 0.3) is 98.8 Å². The minimum absolute atomic E-state index is 0.324. The fourth-order valence-corrected chi connectivity index (χ4v) is 16.2. The lowest BCUT2D eigenvalue weighted by Crippen LogP contribution is -2.29. The van der Waals surface area contributed by atoms with Crippen molar-refractivity contribution in [3.8, 4) is 33.4 Å². The van der Waals surface area contributed by atoms with Gasteiger partial charge >= 0.3 is 0 Å². The zero-order valence-electron chi connectivity index (χ0n) is 56.2. The molecule has 0 atom stereocenters. The van der Waals surface area contributed by atoms with Crippen molar-refractivity contribution in [3.63, 3.8) is 0 Å². The monoisotopic (exact) mass is 1250 g/mol. The van der Waals surface area contributed by atoms with Gasteiger partial charge in [0, 0.05) is 54.8 Å². The topological polar surface area (TPSA) is 32.8 Å². The highest BCUT2D eigenvalue weighted by atomic mass is 16.3. The molecule has 0 radical (unpaired) electrons. The number of fused-ring (bicyclic) bond motifs is 13. The van der Waals surface area contributed by atoms with E-state index in [9.17, 15) is 0 Å². The Labute approximate surface area is 568 Å². The summed E-state index contributed by atoms with van der Waals surface area (Å²) >= 11 is 0. The second-order valence-corrected chi connectivity index (χ2v) is 27.7. The van der Waals surface area contributed by atoms with E-state index in [0.717, 1.165) is 99.9 Å². The SMILES string of the molecule is CC(C)c1ccc(N(c2cc3c(c4ccccc24)-c2c(cc(N(c4ccc(C(C)C)cc4)c4cccc5c4oc4c(-c6ccccc6C(C)C)cccc45)c4ccccc24)C3(c2ccccc2)c2ccccc2)c2cccc3c2oc2c(-c4ccccc4C(C)C)cccc23)cc1. The third-order valence-corrected chi connectivity index (χ3v) is 20.9. The van der Waals surface area contributed by atoms with Crippen LogP contribution in [0.1, 0.15) is 124 Å². The van der Waals surface area contributed by atoms with E-state index in [-0.39, 0.29) is 0 Å². The Morgan fingerprint density at radius 2 is 0.577 bits per heavy atom. The van der Waals surface area contributed by atoms with Crippen LogP contribution in [0.3, 0.4) is 0 Å². The molecule has 97 heavy (non-hydrogen) atoms. The fraction of sp³-hybridized carbons (Fsp3) is 0.140. The van der Waals surface area contributed by atoms with Crippen molar-refractivity contribution in [2.24, 2.45) is 0 Å². The molecule has 17 rings (SSSR count). The van der Waals surface area contributed by atoms with Crippen molar-refractivity contribution in [1.29, 1.82) is 0 Å². The molecule has 2 heterocycles. The smallest absolute Gasteiger partial charge is 0.159 e. The summed E-state index contributed by atoms with van der Waals surface area (Å²) in [5.74, 6) is 1.34. The van der Waals surface area contributed by atoms with Gasteiger partial charge in [0.15, 0.2) is 11.2 Å². The molecule has 4 nitrogen and oxygen atoms in total. The molecule has 0 spiro atoms. The number of rotatable bonds is 14. The quantitative estimate of drug-likeness (QED) is 0.109. The highest BCUT2D eigenvalue weighted by Gasteiger charge is 2.49. The first-order chi connectivity index (χ1) is 47.5. The molecule has 2 aromatic heterocycles. The van der Waals surface area contributed by atoms with Crippen LogP contribution in [0, 0.1) is 0 Å². The number of nitrogens with zero attached hydrogens (tertiary/aromatic N) is 2. The zero-order valence-corrected chi connectivity index (χ0v) is 56.2. The molecule has 0 bridgehead atoms. The molecule has 1 aliphatic carbocycles. The summed E-state index contributed by atoms with van der Waals surface area (Å²) in [5, 5.41) is 8.90. The highest BCUT2D eigenvalue weighted by molar-refractivity contribution is 6.21. The van der Waals surface area contributed by atoms with E-state index >= 15 is 0 Å². The number of hydrogen-bond acceptors (Lipinski definition) is 4. The van der Waals surface area contributed by atoms with Crippen LogP contribution < -0.4 is 9.80 Å². The Morgan fingerprint density at radius 3 is 0.959 bits per heavy atom. The molecule has 0 aliphatic heterocycles. The van der Waals surface area contributed by atoms with Crippen LogP contribution in [-0.2, 0) is 5.41 Å². The molecule has 14 aromatic carbocycles. The minimum atomic E-state index is -0.876. The Morgan fingerprint density at radius 1 is 0.258 bits per heavy atom. The molecule has 16 aromatic rings. The highest BCUT2D eigenvalue weighted by Crippen LogP contribution is 2.63. The van der Waals surface area contributed by atoms with Crippen LogP contribution >= 0.6 is 0 Å². The molecule has 0 unspecified atom stereocenters. The van der Waals surface area contributed by atoms with E-state index in [0.29, 0.717) is 23.7 Å². The molecule has 0 saturated heterocycles. The van der Waals surface area contributed by atoms with Gasteiger partial charge < -0.3 is 18.6 Å². The largest absolute Gasteiger partial charge is 0.453 e. The Kier molecular flexibility index (Phi) is 14.5. The third kappa shape index (κ3) is 9.39. The zero-order chi connectivity index (χ0) is 65.8. The molecule has 4 heteroatoms. The van der Waals surface area contributed by atoms with Crippen LogP contribution in [0.4, 0.5) is 34.1 Å². The lowest BCUT2D eigenvalue weighted by molar-refractivity contribution is 0.669. The van der Waals surface area contributed by atoms with Crippen molar-refractivity contribution in [2.45, 2.75) is 84.5 Å². The summed E-state index contributed by atoms with van der Waals surface area (Å²) in [7, 11) is 0. The third-order valence-electron chi connectivity index (χ3n) is 20.9. The lowest BCUT2D eigenvalue weighted by atomic mass is 9.67. The van der Waals surface area contributed by atoms with Crippen molar-refractivity contribution in [2.75, 3.05) is 9.80 Å². The Balaban J connectivity index is 0.977. The maximum atomic E-state index is 7.53. The second-order valence-electron chi connectivity index (χ2n) is 27.7. The van der Waals surface area contributed by atoms with Gasteiger partial charge in [0.05, 0.1) is 28.2 Å². The van der Waals surface area contributed by atoms with Crippen LogP contribution in [0.5, 0.6) is 0 Å². The summed E-state index contributed by atoms with van der Waals surface area (Å²) in [5.41, 5.74) is 25.6. The van der Waals surface area contributed by atoms with Crippen molar-refractivity contribution in [3.05, 3.63) is 336 Å². The normalized spacial score (nSPS) is 12.8. The molecular weight excluding hydrogens is 1180 g/mol. The van der Waals surface area contributed by atoms with Gasteiger partial charge in [-0.15, -0.1) is 0 Å². The van der Waals surface area contributed by atoms with Gasteiger partial charge in [-0.25, -0.2) is 0 Å². The lowest BCUT2D eigenvalue weighted by Gasteiger charge is -2.36. The van der Waals surface area contributed by atoms with Crippen LogP contribution in [0.2, 0.25) is 0 Å². The Hall–Kier alpha value is -11.2. The standard InChI is InChI=1S/C93H76N2O2/c1-57(2)61-47-51-65(52-48-61)94(83-45-25-43-79-77-41-23-39-75(89(77)96-91(79)83)69-33-17-15-31-67(69)59(5)6)85-55-81-87(73-37-21-19-35-71(73)85)88-74-38-22-20-36-72(74)86(56-82(88)93(81,63-27-11-9-12-28-63)64-29-13-10-14-30-64)95(66-53-49-62(50-54-66)58(3)4)84-46-26-44-80-78-42-24-40-76(90(78)97-92(80)84)70-34-18-16-32-68(70)60(7)8/h9-60H,1-8H3. The van der Waals surface area contributed by atoms with E-state index < -0.39 is 5.41 Å². The maximum absolute atomic E-state index is 7.53. The maximum Gasteiger partial charge on any atom is 0.159 e. The molecule has 0 saturated carbocycles. The summed E-state index contributed by atoms with van der Waals surface area (Å²) < 4.78 is 15.1. The van der Waals surface area contributed by atoms with Crippen molar-refractivity contribution in [1.82, 2.24) is 0 Å². The van der Waals surface area contributed by atoms with Gasteiger partial charge in [-0.05, 0) is 150 Å². The van der Waals surface area contributed by atoms with Crippen molar-refractivity contribution < 1.29 is 8.83 Å². The summed E-state index contributed by atoms with van der Waals surface area (Å²) in [4.78, 5) is 4.99. The van der Waals surface area contributed by atoms with E-state index in [1.165, 1.54) is 77.5 Å². The minimum Gasteiger partial charge on any atom is -0.453 e. The molecule has 0 amide bonds. The van der Waals surface area contributed by atoms with E-state index in [2.05, 4.69) is 356 Å². The number of anilines is 6. The fourth-order valence-electron chi connectivity index (χ4n) is 16.2.